The van der Waals surface area contributed by atoms with Gasteiger partial charge < -0.3 is 14.6 Å². The van der Waals surface area contributed by atoms with Gasteiger partial charge in [0, 0.05) is 25.8 Å². The number of likely N-dealkylation sites (tertiary alicyclic amines) is 1. The van der Waals surface area contributed by atoms with Crippen LogP contribution in [0.3, 0.4) is 0 Å². The predicted octanol–water partition coefficient (Wildman–Crippen LogP) is 1.42. The maximum absolute atomic E-state index is 12.6. The summed E-state index contributed by atoms with van der Waals surface area (Å²) in [7, 11) is 0. The SMILES string of the molecule is O=C(NCc1ccc(-n2cncn2)nc1)[C@@H]1CCCN(C(=O)c2ccoc2)C1. The van der Waals surface area contributed by atoms with Gasteiger partial charge in [0.1, 0.15) is 18.9 Å². The minimum Gasteiger partial charge on any atom is -0.472 e. The molecular formula is C19H20N6O3. The summed E-state index contributed by atoms with van der Waals surface area (Å²) in [5.41, 5.74) is 1.40. The van der Waals surface area contributed by atoms with Crippen LogP contribution in [0.5, 0.6) is 0 Å². The number of aromatic nitrogens is 4. The van der Waals surface area contributed by atoms with Crippen LogP contribution in [-0.2, 0) is 11.3 Å². The van der Waals surface area contributed by atoms with Crippen molar-refractivity contribution in [3.8, 4) is 5.82 Å². The lowest BCUT2D eigenvalue weighted by Crippen LogP contribution is -2.45. The van der Waals surface area contributed by atoms with Crippen molar-refractivity contribution in [2.75, 3.05) is 13.1 Å². The van der Waals surface area contributed by atoms with Crippen molar-refractivity contribution in [1.29, 1.82) is 0 Å². The molecule has 4 heterocycles. The van der Waals surface area contributed by atoms with Gasteiger partial charge in [-0.15, -0.1) is 0 Å². The van der Waals surface area contributed by atoms with Gasteiger partial charge in [-0.2, -0.15) is 5.10 Å². The highest BCUT2D eigenvalue weighted by Gasteiger charge is 2.29. The fourth-order valence-electron chi connectivity index (χ4n) is 3.26. The second-order valence-electron chi connectivity index (χ2n) is 6.68. The molecule has 0 unspecified atom stereocenters. The van der Waals surface area contributed by atoms with Crippen molar-refractivity contribution in [1.82, 2.24) is 30.0 Å². The first-order valence-electron chi connectivity index (χ1n) is 9.10. The van der Waals surface area contributed by atoms with E-state index in [0.717, 1.165) is 18.4 Å². The summed E-state index contributed by atoms with van der Waals surface area (Å²) in [6.07, 6.45) is 9.20. The van der Waals surface area contributed by atoms with Gasteiger partial charge in [-0.3, -0.25) is 9.59 Å². The van der Waals surface area contributed by atoms with Gasteiger partial charge in [0.05, 0.1) is 17.7 Å². The van der Waals surface area contributed by atoms with E-state index in [-0.39, 0.29) is 17.7 Å². The van der Waals surface area contributed by atoms with E-state index in [4.69, 9.17) is 4.42 Å². The number of nitrogens with zero attached hydrogens (tertiary/aromatic N) is 5. The molecular weight excluding hydrogens is 360 g/mol. The van der Waals surface area contributed by atoms with Crippen molar-refractivity contribution in [3.05, 3.63) is 60.7 Å². The number of amides is 2. The molecule has 1 saturated heterocycles. The van der Waals surface area contributed by atoms with Gasteiger partial charge in [-0.1, -0.05) is 6.07 Å². The third-order valence-electron chi connectivity index (χ3n) is 4.78. The molecule has 0 radical (unpaired) electrons. The number of hydrogen-bond donors (Lipinski definition) is 1. The fourth-order valence-corrected chi connectivity index (χ4v) is 3.26. The molecule has 3 aromatic heterocycles. The Labute approximate surface area is 161 Å². The van der Waals surface area contributed by atoms with Crippen molar-refractivity contribution in [3.63, 3.8) is 0 Å². The number of pyridine rings is 1. The first-order chi connectivity index (χ1) is 13.7. The molecule has 1 aliphatic heterocycles. The first kappa shape index (κ1) is 17.9. The van der Waals surface area contributed by atoms with Gasteiger partial charge in [-0.25, -0.2) is 14.6 Å². The average molecular weight is 380 g/mol. The second kappa shape index (κ2) is 8.03. The van der Waals surface area contributed by atoms with E-state index in [1.807, 2.05) is 12.1 Å². The molecule has 4 rings (SSSR count). The topological polar surface area (TPSA) is 106 Å². The Hall–Kier alpha value is -3.49. The Bertz CT molecular complexity index is 921. The van der Waals surface area contributed by atoms with E-state index in [0.29, 0.717) is 31.0 Å². The Balaban J connectivity index is 1.31. The van der Waals surface area contributed by atoms with Crippen LogP contribution < -0.4 is 5.32 Å². The molecule has 1 aliphatic rings. The van der Waals surface area contributed by atoms with Gasteiger partial charge in [0.2, 0.25) is 5.91 Å². The van der Waals surface area contributed by atoms with E-state index < -0.39 is 0 Å². The number of carbonyl (C=O) groups is 2. The summed E-state index contributed by atoms with van der Waals surface area (Å²) in [5, 5.41) is 6.97. The van der Waals surface area contributed by atoms with Crippen LogP contribution in [-0.4, -0.2) is 49.6 Å². The molecule has 9 nitrogen and oxygen atoms in total. The number of carbonyl (C=O) groups excluding carboxylic acids is 2. The van der Waals surface area contributed by atoms with E-state index in [2.05, 4.69) is 20.4 Å². The molecule has 2 amide bonds. The fraction of sp³-hybridized carbons (Fsp3) is 0.316. The highest BCUT2D eigenvalue weighted by Crippen LogP contribution is 2.19. The molecule has 3 aromatic rings. The quantitative estimate of drug-likeness (QED) is 0.718. The van der Waals surface area contributed by atoms with Crippen molar-refractivity contribution in [2.24, 2.45) is 5.92 Å². The smallest absolute Gasteiger partial charge is 0.257 e. The van der Waals surface area contributed by atoms with Gasteiger partial charge in [-0.05, 0) is 30.5 Å². The second-order valence-corrected chi connectivity index (χ2v) is 6.68. The Morgan fingerprint density at radius 2 is 2.21 bits per heavy atom. The maximum Gasteiger partial charge on any atom is 0.257 e. The summed E-state index contributed by atoms with van der Waals surface area (Å²) in [6, 6.07) is 5.35. The van der Waals surface area contributed by atoms with Crippen LogP contribution in [0.4, 0.5) is 0 Å². The van der Waals surface area contributed by atoms with Gasteiger partial charge in [0.25, 0.3) is 5.91 Å². The molecule has 144 valence electrons. The van der Waals surface area contributed by atoms with Crippen LogP contribution in [0, 0.1) is 5.92 Å². The van der Waals surface area contributed by atoms with Crippen molar-refractivity contribution < 1.29 is 14.0 Å². The zero-order valence-electron chi connectivity index (χ0n) is 15.2. The summed E-state index contributed by atoms with van der Waals surface area (Å²) in [6.45, 7) is 1.45. The lowest BCUT2D eigenvalue weighted by atomic mass is 9.96. The van der Waals surface area contributed by atoms with Gasteiger partial charge >= 0.3 is 0 Å². The molecule has 28 heavy (non-hydrogen) atoms. The average Bonchev–Trinajstić information content (AvgIpc) is 3.46. The van der Waals surface area contributed by atoms with Crippen molar-refractivity contribution >= 4 is 11.8 Å². The largest absolute Gasteiger partial charge is 0.472 e. The van der Waals surface area contributed by atoms with Crippen LogP contribution in [0.15, 0.2) is 54.0 Å². The van der Waals surface area contributed by atoms with Crippen molar-refractivity contribution in [2.45, 2.75) is 19.4 Å². The minimum atomic E-state index is -0.216. The Kier molecular flexibility index (Phi) is 5.14. The number of nitrogens with one attached hydrogen (secondary N) is 1. The molecule has 1 atom stereocenters. The molecule has 0 spiro atoms. The lowest BCUT2D eigenvalue weighted by Gasteiger charge is -2.31. The Morgan fingerprint density at radius 1 is 1.29 bits per heavy atom. The number of hydrogen-bond acceptors (Lipinski definition) is 6. The van der Waals surface area contributed by atoms with Crippen LogP contribution in [0.25, 0.3) is 5.82 Å². The monoisotopic (exact) mass is 380 g/mol. The van der Waals surface area contributed by atoms with Gasteiger partial charge in [0.15, 0.2) is 5.82 Å². The Morgan fingerprint density at radius 3 is 2.93 bits per heavy atom. The van der Waals surface area contributed by atoms with E-state index in [1.54, 1.807) is 28.2 Å². The minimum absolute atomic E-state index is 0.0509. The van der Waals surface area contributed by atoms with Crippen LogP contribution in [0.2, 0.25) is 0 Å². The molecule has 0 aliphatic carbocycles. The zero-order valence-corrected chi connectivity index (χ0v) is 15.2. The summed E-state index contributed by atoms with van der Waals surface area (Å²) in [4.78, 5) is 34.9. The lowest BCUT2D eigenvalue weighted by molar-refractivity contribution is -0.126. The van der Waals surface area contributed by atoms with E-state index >= 15 is 0 Å². The molecule has 9 heteroatoms. The summed E-state index contributed by atoms with van der Waals surface area (Å²) in [5.74, 6) is 0.296. The predicted molar refractivity (Wildman–Crippen MR) is 98.3 cm³/mol. The molecule has 0 saturated carbocycles. The number of furan rings is 1. The first-order valence-corrected chi connectivity index (χ1v) is 9.10. The molecule has 1 N–H and O–H groups in total. The number of piperidine rings is 1. The van der Waals surface area contributed by atoms with Crippen LogP contribution >= 0.6 is 0 Å². The zero-order chi connectivity index (χ0) is 19.3. The summed E-state index contributed by atoms with van der Waals surface area (Å²) >= 11 is 0. The third kappa shape index (κ3) is 3.93. The highest BCUT2D eigenvalue weighted by atomic mass is 16.3. The maximum atomic E-state index is 12.6. The highest BCUT2D eigenvalue weighted by molar-refractivity contribution is 5.94. The molecule has 0 aromatic carbocycles. The van der Waals surface area contributed by atoms with E-state index in [1.165, 1.54) is 18.9 Å². The standard InChI is InChI=1S/C19H20N6O3/c26-18(15-2-1-6-24(10-15)19(27)16-5-7-28-11-16)22-9-14-3-4-17(21-8-14)25-13-20-12-23-25/h3-5,7-8,11-13,15H,1-2,6,9-10H2,(H,22,26)/t15-/m1/s1. The molecule has 0 bridgehead atoms. The van der Waals surface area contributed by atoms with E-state index in [9.17, 15) is 9.59 Å². The molecule has 1 fully saturated rings. The number of rotatable bonds is 5. The third-order valence-corrected chi connectivity index (χ3v) is 4.78. The summed E-state index contributed by atoms with van der Waals surface area (Å²) < 4.78 is 6.54. The van der Waals surface area contributed by atoms with Crippen LogP contribution in [0.1, 0.15) is 28.8 Å². The normalized spacial score (nSPS) is 16.7.